The van der Waals surface area contributed by atoms with Crippen molar-refractivity contribution in [2.24, 2.45) is 11.3 Å². The van der Waals surface area contributed by atoms with Crippen molar-refractivity contribution in [1.29, 1.82) is 0 Å². The zero-order chi connectivity index (χ0) is 51.7. The summed E-state index contributed by atoms with van der Waals surface area (Å²) in [5.41, 5.74) is -0.735. The first-order valence-corrected chi connectivity index (χ1v) is 25.0. The number of nitrogens with zero attached hydrogens (tertiary/aromatic N) is 4. The summed E-state index contributed by atoms with van der Waals surface area (Å²) in [6, 6.07) is -3.52. The van der Waals surface area contributed by atoms with E-state index in [0.717, 1.165) is 4.90 Å². The summed E-state index contributed by atoms with van der Waals surface area (Å²) in [4.78, 5) is 118. The van der Waals surface area contributed by atoms with Gasteiger partial charge in [0.15, 0.2) is 0 Å². The van der Waals surface area contributed by atoms with Gasteiger partial charge in [0.05, 0.1) is 12.1 Å². The lowest BCUT2D eigenvalue weighted by Gasteiger charge is -2.44. The van der Waals surface area contributed by atoms with Gasteiger partial charge in [-0.15, -0.1) is 11.3 Å². The molecule has 0 bridgehead atoms. The number of hydrogen-bond donors (Lipinski definition) is 5. The molecule has 0 spiro atoms. The van der Waals surface area contributed by atoms with E-state index in [1.807, 2.05) is 13.8 Å². The van der Waals surface area contributed by atoms with Gasteiger partial charge >= 0.3 is 6.18 Å². The van der Waals surface area contributed by atoms with E-state index in [1.54, 1.807) is 12.1 Å². The van der Waals surface area contributed by atoms with Crippen molar-refractivity contribution in [2.75, 3.05) is 33.7 Å². The SMILES string of the molecule is CC(C)C[C@@H]1NC(=O)[C@@H](NC(=O)[C@H](CCCNC(=O)c2cscn2)NC(=O)[C@@H]2C[C@@H](F)CN2C(=O)C2(C(F)(F)F)CCC2)CCCCN(C)C(=O)[C@@H](C)NC(=O)[C@H](Cc2cc(Cl)ccc2Cl)N(C)C1=O. The summed E-state index contributed by atoms with van der Waals surface area (Å²) < 4.78 is 57.9. The zero-order valence-corrected chi connectivity index (χ0v) is 42.0. The molecule has 2 saturated heterocycles. The smallest absolute Gasteiger partial charge is 0.351 e. The van der Waals surface area contributed by atoms with Gasteiger partial charge in [-0.2, -0.15) is 13.2 Å². The Morgan fingerprint density at radius 3 is 2.34 bits per heavy atom. The number of carbonyl (C=O) groups excluding carboxylic acids is 8. The number of likely N-dealkylation sites (N-methyl/N-ethyl adjacent to an activating group) is 2. The normalized spacial score (nSPS) is 24.4. The predicted molar refractivity (Wildman–Crippen MR) is 252 cm³/mol. The maximum absolute atomic E-state index is 15.0. The third-order valence-corrected chi connectivity index (χ3v) is 14.3. The number of benzene rings is 1. The molecule has 24 heteroatoms. The zero-order valence-electron chi connectivity index (χ0n) is 39.6. The Balaban J connectivity index is 1.43. The number of halogens is 6. The van der Waals surface area contributed by atoms with Gasteiger partial charge in [0.2, 0.25) is 41.4 Å². The molecule has 2 aliphatic heterocycles. The topological polar surface area (TPSA) is 219 Å². The van der Waals surface area contributed by atoms with E-state index >= 15 is 4.39 Å². The highest BCUT2D eigenvalue weighted by Crippen LogP contribution is 2.54. The molecule has 0 unspecified atom stereocenters. The molecule has 1 saturated carbocycles. The first-order valence-electron chi connectivity index (χ1n) is 23.3. The van der Waals surface area contributed by atoms with E-state index in [1.165, 1.54) is 54.2 Å². The highest BCUT2D eigenvalue weighted by molar-refractivity contribution is 7.07. The van der Waals surface area contributed by atoms with E-state index < -0.39 is 127 Å². The summed E-state index contributed by atoms with van der Waals surface area (Å²) in [6.07, 6.45) is -8.06. The first kappa shape index (κ1) is 55.8. The standard InChI is InChI=1S/C46H61Cl2F4N9O8S/c1-25(2)18-33-43(68)60(5)35(20-27-19-28(47)12-13-30(27)48)40(65)55-26(3)42(67)59(4)17-7-6-10-31(39(64)58-33)56-38(63)32(11-8-16-53-37(62)34-23-70-24-54-34)57-41(66)36-21-29(49)22-61(36)44(69)45(14-9-15-45)46(50,51)52/h12-13,19,23-26,29,31-33,35-36H,6-11,14-18,20-22H2,1-5H3,(H,53,62)(H,55,65)(H,56,63)(H,57,66)(H,58,64)/t26-,29-,31+,32+,33+,35+,36+/m1/s1. The van der Waals surface area contributed by atoms with Crippen molar-refractivity contribution < 1.29 is 55.9 Å². The molecule has 3 heterocycles. The molecule has 3 fully saturated rings. The molecule has 8 amide bonds. The molecule has 5 rings (SSSR count). The molecule has 7 atom stereocenters. The van der Waals surface area contributed by atoms with Crippen LogP contribution in [0, 0.1) is 11.3 Å². The van der Waals surface area contributed by atoms with Crippen LogP contribution in [0.25, 0.3) is 0 Å². The van der Waals surface area contributed by atoms with Crippen molar-refractivity contribution in [3.05, 3.63) is 50.4 Å². The largest absolute Gasteiger partial charge is 0.403 e. The van der Waals surface area contributed by atoms with Gasteiger partial charge in [0.25, 0.3) is 5.91 Å². The molecule has 5 N–H and O–H groups in total. The second kappa shape index (κ2) is 24.4. The fourth-order valence-electron chi connectivity index (χ4n) is 8.87. The van der Waals surface area contributed by atoms with Crippen LogP contribution in [0.3, 0.4) is 0 Å². The van der Waals surface area contributed by atoms with Crippen LogP contribution in [0.4, 0.5) is 17.6 Å². The molecule has 70 heavy (non-hydrogen) atoms. The average molecular weight is 1050 g/mol. The van der Waals surface area contributed by atoms with Gasteiger partial charge in [-0.1, -0.05) is 43.5 Å². The number of aromatic nitrogens is 1. The third kappa shape index (κ3) is 13.9. The van der Waals surface area contributed by atoms with Crippen LogP contribution >= 0.6 is 34.5 Å². The second-order valence-electron chi connectivity index (χ2n) is 18.7. The second-order valence-corrected chi connectivity index (χ2v) is 20.3. The molecule has 0 radical (unpaired) electrons. The average Bonchev–Trinajstić information content (AvgIpc) is 3.96. The minimum Gasteiger partial charge on any atom is -0.351 e. The lowest BCUT2D eigenvalue weighted by molar-refractivity contribution is -0.248. The summed E-state index contributed by atoms with van der Waals surface area (Å²) in [6.45, 7) is 4.50. The van der Waals surface area contributed by atoms with Crippen LogP contribution < -0.4 is 26.6 Å². The van der Waals surface area contributed by atoms with E-state index in [4.69, 9.17) is 23.2 Å². The molecule has 1 aromatic heterocycles. The highest BCUT2D eigenvalue weighted by atomic mass is 35.5. The van der Waals surface area contributed by atoms with E-state index in [9.17, 15) is 51.5 Å². The lowest BCUT2D eigenvalue weighted by Crippen LogP contribution is -2.61. The van der Waals surface area contributed by atoms with Crippen LogP contribution in [-0.2, 0) is 40.0 Å². The number of nitrogens with one attached hydrogen (secondary N) is 5. The molecule has 2 aromatic rings. The van der Waals surface area contributed by atoms with Gasteiger partial charge in [0.1, 0.15) is 53.5 Å². The summed E-state index contributed by atoms with van der Waals surface area (Å²) in [7, 11) is 2.90. The Morgan fingerprint density at radius 1 is 1.00 bits per heavy atom. The van der Waals surface area contributed by atoms with Crippen LogP contribution in [0.1, 0.15) is 101 Å². The lowest BCUT2D eigenvalue weighted by atomic mass is 9.67. The predicted octanol–water partition coefficient (Wildman–Crippen LogP) is 4.35. The Kier molecular flexibility index (Phi) is 19.4. The van der Waals surface area contributed by atoms with Crippen LogP contribution in [0.5, 0.6) is 0 Å². The van der Waals surface area contributed by atoms with Crippen LogP contribution in [-0.4, -0.2) is 149 Å². The molecule has 1 aliphatic carbocycles. The minimum atomic E-state index is -4.95. The summed E-state index contributed by atoms with van der Waals surface area (Å²) in [5, 5.41) is 15.4. The number of thiazole rings is 1. The monoisotopic (exact) mass is 1050 g/mol. The Labute approximate surface area is 417 Å². The Hall–Kier alpha value is -5.09. The maximum atomic E-state index is 15.0. The van der Waals surface area contributed by atoms with Gasteiger partial charge in [-0.25, -0.2) is 9.37 Å². The number of amides is 8. The molecular formula is C46H61Cl2F4N9O8S. The van der Waals surface area contributed by atoms with E-state index in [-0.39, 0.29) is 74.7 Å². The van der Waals surface area contributed by atoms with Crippen LogP contribution in [0.15, 0.2) is 29.1 Å². The number of hydrogen-bond acceptors (Lipinski definition) is 10. The van der Waals surface area contributed by atoms with Gasteiger partial charge in [-0.05, 0) is 88.0 Å². The third-order valence-electron chi connectivity index (χ3n) is 13.1. The minimum absolute atomic E-state index is 0.0332. The first-order chi connectivity index (χ1) is 32.9. The fraction of sp³-hybridized carbons (Fsp3) is 0.630. The molecule has 1 aromatic carbocycles. The van der Waals surface area contributed by atoms with Crippen molar-refractivity contribution in [3.8, 4) is 0 Å². The number of alkyl halides is 4. The van der Waals surface area contributed by atoms with Crippen LogP contribution in [0.2, 0.25) is 10.0 Å². The summed E-state index contributed by atoms with van der Waals surface area (Å²) >= 11 is 14.0. The van der Waals surface area contributed by atoms with Crippen molar-refractivity contribution in [3.63, 3.8) is 0 Å². The molecule has 3 aliphatic rings. The maximum Gasteiger partial charge on any atom is 0.403 e. The number of likely N-dealkylation sites (tertiary alicyclic amines) is 1. The van der Waals surface area contributed by atoms with Crippen molar-refractivity contribution >= 4 is 81.8 Å². The quantitative estimate of drug-likeness (QED) is 0.134. The number of rotatable bonds is 14. The Morgan fingerprint density at radius 2 is 1.71 bits per heavy atom. The molecular weight excluding hydrogens is 986 g/mol. The van der Waals surface area contributed by atoms with Gasteiger partial charge in [-0.3, -0.25) is 38.4 Å². The van der Waals surface area contributed by atoms with Gasteiger partial charge < -0.3 is 41.3 Å². The van der Waals surface area contributed by atoms with E-state index in [0.29, 0.717) is 21.9 Å². The highest BCUT2D eigenvalue weighted by Gasteiger charge is 2.65. The molecule has 17 nitrogen and oxygen atoms in total. The van der Waals surface area contributed by atoms with Gasteiger partial charge in [0, 0.05) is 55.5 Å². The number of carbonyl (C=O) groups is 8. The fourth-order valence-corrected chi connectivity index (χ4v) is 9.79. The van der Waals surface area contributed by atoms with Crippen molar-refractivity contribution in [2.45, 2.75) is 140 Å². The molecule has 386 valence electrons. The van der Waals surface area contributed by atoms with E-state index in [2.05, 4.69) is 31.6 Å². The summed E-state index contributed by atoms with van der Waals surface area (Å²) in [5.74, 6) is -6.78. The Bertz CT molecular complexity index is 2240. The van der Waals surface area contributed by atoms with Crippen molar-refractivity contribution in [1.82, 2.24) is 46.3 Å².